The molecule has 0 aliphatic rings. The Balaban J connectivity index is 2.63. The molecule has 1 N–H and O–H groups in total. The van der Waals surface area contributed by atoms with Crippen LogP contribution in [0.5, 0.6) is 0 Å². The molecule has 1 amide bonds. The zero-order valence-corrected chi connectivity index (χ0v) is 12.6. The summed E-state index contributed by atoms with van der Waals surface area (Å²) in [5, 5.41) is 3.04. The first-order chi connectivity index (χ1) is 8.79. The molecule has 0 saturated heterocycles. The van der Waals surface area contributed by atoms with Crippen LogP contribution in [0.25, 0.3) is 0 Å². The van der Waals surface area contributed by atoms with Gasteiger partial charge in [0.15, 0.2) is 0 Å². The molecule has 0 radical (unpaired) electrons. The SMILES string of the molecule is CC(C)C(NC(=O)COC(C)(C)C)c1ccccc1. The number of benzene rings is 1. The van der Waals surface area contributed by atoms with Gasteiger partial charge in [-0.25, -0.2) is 0 Å². The maximum absolute atomic E-state index is 11.9. The molecule has 19 heavy (non-hydrogen) atoms. The van der Waals surface area contributed by atoms with Crippen molar-refractivity contribution in [2.24, 2.45) is 5.92 Å². The Kier molecular flexibility index (Phi) is 5.55. The molecule has 0 fully saturated rings. The van der Waals surface area contributed by atoms with E-state index >= 15 is 0 Å². The summed E-state index contributed by atoms with van der Waals surface area (Å²) in [6.07, 6.45) is 0. The van der Waals surface area contributed by atoms with Crippen molar-refractivity contribution in [3.8, 4) is 0 Å². The van der Waals surface area contributed by atoms with Crippen molar-refractivity contribution >= 4 is 5.91 Å². The highest BCUT2D eigenvalue weighted by Gasteiger charge is 2.19. The Bertz CT molecular complexity index is 393. The first-order valence-corrected chi connectivity index (χ1v) is 6.78. The summed E-state index contributed by atoms with van der Waals surface area (Å²) < 4.78 is 5.50. The average Bonchev–Trinajstić information content (AvgIpc) is 2.33. The number of hydrogen-bond acceptors (Lipinski definition) is 2. The second kappa shape index (κ2) is 6.71. The number of hydrogen-bond donors (Lipinski definition) is 1. The molecule has 0 aliphatic carbocycles. The lowest BCUT2D eigenvalue weighted by Gasteiger charge is -2.24. The van der Waals surface area contributed by atoms with E-state index < -0.39 is 0 Å². The van der Waals surface area contributed by atoms with E-state index in [0.29, 0.717) is 5.92 Å². The molecular formula is C16H25NO2. The molecule has 1 unspecified atom stereocenters. The van der Waals surface area contributed by atoms with Gasteiger partial charge in [-0.05, 0) is 32.3 Å². The number of amides is 1. The lowest BCUT2D eigenvalue weighted by molar-refractivity contribution is -0.131. The summed E-state index contributed by atoms with van der Waals surface area (Å²) in [7, 11) is 0. The first-order valence-electron chi connectivity index (χ1n) is 6.78. The average molecular weight is 263 g/mol. The minimum absolute atomic E-state index is 0.0252. The largest absolute Gasteiger partial charge is 0.366 e. The van der Waals surface area contributed by atoms with Crippen molar-refractivity contribution in [3.63, 3.8) is 0 Å². The number of rotatable bonds is 5. The Hall–Kier alpha value is -1.35. The predicted molar refractivity (Wildman–Crippen MR) is 77.9 cm³/mol. The van der Waals surface area contributed by atoms with Crippen LogP contribution in [0.15, 0.2) is 30.3 Å². The van der Waals surface area contributed by atoms with Crippen LogP contribution in [0.1, 0.15) is 46.2 Å². The molecule has 3 heteroatoms. The Morgan fingerprint density at radius 3 is 2.26 bits per heavy atom. The van der Waals surface area contributed by atoms with Gasteiger partial charge in [-0.3, -0.25) is 4.79 Å². The maximum atomic E-state index is 11.9. The monoisotopic (exact) mass is 263 g/mol. The smallest absolute Gasteiger partial charge is 0.246 e. The molecule has 0 saturated carbocycles. The third kappa shape index (κ3) is 5.88. The molecule has 1 rings (SSSR count). The van der Waals surface area contributed by atoms with Crippen LogP contribution in [-0.4, -0.2) is 18.1 Å². The molecule has 106 valence electrons. The predicted octanol–water partition coefficient (Wildman–Crippen LogP) is 3.32. The highest BCUT2D eigenvalue weighted by molar-refractivity contribution is 5.77. The van der Waals surface area contributed by atoms with Crippen molar-refractivity contribution < 1.29 is 9.53 Å². The van der Waals surface area contributed by atoms with Gasteiger partial charge in [0.2, 0.25) is 5.91 Å². The summed E-state index contributed by atoms with van der Waals surface area (Å²) >= 11 is 0. The van der Waals surface area contributed by atoms with Crippen LogP contribution < -0.4 is 5.32 Å². The van der Waals surface area contributed by atoms with Crippen molar-refractivity contribution in [1.29, 1.82) is 0 Å². The molecule has 0 aliphatic heterocycles. The van der Waals surface area contributed by atoms with Gasteiger partial charge in [0.25, 0.3) is 0 Å². The Labute approximate surface area is 116 Å². The zero-order chi connectivity index (χ0) is 14.5. The summed E-state index contributed by atoms with van der Waals surface area (Å²) in [6.45, 7) is 10.1. The second-order valence-corrected chi connectivity index (χ2v) is 6.10. The first kappa shape index (κ1) is 15.7. The zero-order valence-electron chi connectivity index (χ0n) is 12.6. The third-order valence-electron chi connectivity index (χ3n) is 2.78. The van der Waals surface area contributed by atoms with E-state index in [1.165, 1.54) is 0 Å². The Morgan fingerprint density at radius 1 is 1.21 bits per heavy atom. The summed E-state index contributed by atoms with van der Waals surface area (Å²) in [5.74, 6) is 0.262. The summed E-state index contributed by atoms with van der Waals surface area (Å²) in [5.41, 5.74) is 0.832. The van der Waals surface area contributed by atoms with Gasteiger partial charge in [-0.1, -0.05) is 44.2 Å². The number of carbonyl (C=O) groups is 1. The lowest BCUT2D eigenvalue weighted by Crippen LogP contribution is -2.36. The molecule has 0 heterocycles. The molecule has 0 aromatic heterocycles. The van der Waals surface area contributed by atoms with Gasteiger partial charge in [-0.15, -0.1) is 0 Å². The normalized spacial score (nSPS) is 13.4. The fraction of sp³-hybridized carbons (Fsp3) is 0.562. The molecular weight excluding hydrogens is 238 g/mol. The van der Waals surface area contributed by atoms with E-state index in [9.17, 15) is 4.79 Å². The molecule has 1 atom stereocenters. The van der Waals surface area contributed by atoms with Crippen LogP contribution in [0.2, 0.25) is 0 Å². The summed E-state index contributed by atoms with van der Waals surface area (Å²) in [6, 6.07) is 10.1. The van der Waals surface area contributed by atoms with Gasteiger partial charge >= 0.3 is 0 Å². The number of nitrogens with one attached hydrogen (secondary N) is 1. The molecule has 1 aromatic carbocycles. The highest BCUT2D eigenvalue weighted by Crippen LogP contribution is 2.21. The van der Waals surface area contributed by atoms with E-state index in [1.54, 1.807) is 0 Å². The highest BCUT2D eigenvalue weighted by atomic mass is 16.5. The van der Waals surface area contributed by atoms with Crippen LogP contribution in [0.4, 0.5) is 0 Å². The van der Waals surface area contributed by atoms with Gasteiger partial charge in [0, 0.05) is 0 Å². The number of ether oxygens (including phenoxy) is 1. The third-order valence-corrected chi connectivity index (χ3v) is 2.78. The van der Waals surface area contributed by atoms with Crippen molar-refractivity contribution in [3.05, 3.63) is 35.9 Å². The van der Waals surface area contributed by atoms with E-state index in [0.717, 1.165) is 5.56 Å². The van der Waals surface area contributed by atoms with Crippen LogP contribution in [-0.2, 0) is 9.53 Å². The van der Waals surface area contributed by atoms with E-state index in [4.69, 9.17) is 4.74 Å². The molecule has 0 spiro atoms. The van der Waals surface area contributed by atoms with Crippen LogP contribution in [0, 0.1) is 5.92 Å². The quantitative estimate of drug-likeness (QED) is 0.885. The van der Waals surface area contributed by atoms with Crippen molar-refractivity contribution in [2.75, 3.05) is 6.61 Å². The lowest BCUT2D eigenvalue weighted by atomic mass is 9.96. The van der Waals surface area contributed by atoms with Gasteiger partial charge < -0.3 is 10.1 Å². The standard InChI is InChI=1S/C16H25NO2/c1-12(2)15(13-9-7-6-8-10-13)17-14(18)11-19-16(3,4)5/h6-10,12,15H,11H2,1-5H3,(H,17,18). The fourth-order valence-corrected chi connectivity index (χ4v) is 1.79. The van der Waals surface area contributed by atoms with E-state index in [-0.39, 0.29) is 24.2 Å². The number of carbonyl (C=O) groups excluding carboxylic acids is 1. The topological polar surface area (TPSA) is 38.3 Å². The minimum atomic E-state index is -0.294. The maximum Gasteiger partial charge on any atom is 0.246 e. The van der Waals surface area contributed by atoms with Gasteiger partial charge in [0.1, 0.15) is 6.61 Å². The fourth-order valence-electron chi connectivity index (χ4n) is 1.79. The van der Waals surface area contributed by atoms with Crippen LogP contribution >= 0.6 is 0 Å². The van der Waals surface area contributed by atoms with Crippen molar-refractivity contribution in [2.45, 2.75) is 46.3 Å². The molecule has 0 bridgehead atoms. The molecule has 3 nitrogen and oxygen atoms in total. The van der Waals surface area contributed by atoms with Crippen LogP contribution in [0.3, 0.4) is 0 Å². The van der Waals surface area contributed by atoms with Gasteiger partial charge in [0.05, 0.1) is 11.6 Å². The van der Waals surface area contributed by atoms with Gasteiger partial charge in [-0.2, -0.15) is 0 Å². The summed E-state index contributed by atoms with van der Waals surface area (Å²) in [4.78, 5) is 11.9. The second-order valence-electron chi connectivity index (χ2n) is 6.10. The minimum Gasteiger partial charge on any atom is -0.366 e. The molecule has 1 aromatic rings. The van der Waals surface area contributed by atoms with E-state index in [2.05, 4.69) is 19.2 Å². The van der Waals surface area contributed by atoms with Crippen molar-refractivity contribution in [1.82, 2.24) is 5.32 Å². The Morgan fingerprint density at radius 2 is 1.79 bits per heavy atom. The van der Waals surface area contributed by atoms with E-state index in [1.807, 2.05) is 51.1 Å².